The lowest BCUT2D eigenvalue weighted by molar-refractivity contribution is -0.129. The van der Waals surface area contributed by atoms with Crippen molar-refractivity contribution in [2.24, 2.45) is 11.3 Å². The van der Waals surface area contributed by atoms with Crippen LogP contribution in [0.4, 0.5) is 0 Å². The third kappa shape index (κ3) is 1.79. The Morgan fingerprint density at radius 1 is 1.57 bits per heavy atom. The van der Waals surface area contributed by atoms with Crippen molar-refractivity contribution >= 4 is 18.5 Å². The summed E-state index contributed by atoms with van der Waals surface area (Å²) in [6, 6.07) is 0. The van der Waals surface area contributed by atoms with Crippen molar-refractivity contribution in [2.45, 2.75) is 32.6 Å². The van der Waals surface area contributed by atoms with Crippen molar-refractivity contribution in [3.05, 3.63) is 0 Å². The van der Waals surface area contributed by atoms with Crippen LogP contribution in [0.3, 0.4) is 0 Å². The van der Waals surface area contributed by atoms with Crippen LogP contribution in [0, 0.1) is 11.3 Å². The Kier molecular flexibility index (Phi) is 2.78. The minimum absolute atomic E-state index is 0.352. The number of rotatable bonds is 3. The Morgan fingerprint density at radius 2 is 2.29 bits per heavy atom. The highest BCUT2D eigenvalue weighted by molar-refractivity contribution is 7.80. The van der Waals surface area contributed by atoms with E-state index >= 15 is 0 Å². The van der Waals surface area contributed by atoms with Crippen molar-refractivity contribution < 1.29 is 4.79 Å². The number of carbonyl (C=O) groups excluding carboxylic acids is 1. The molecular formula is C11H19NOS. The number of carbonyl (C=O) groups is 1. The fourth-order valence-electron chi connectivity index (χ4n) is 2.57. The quantitative estimate of drug-likeness (QED) is 0.711. The molecule has 1 aliphatic carbocycles. The van der Waals surface area contributed by atoms with Gasteiger partial charge in [-0.15, -0.1) is 0 Å². The summed E-state index contributed by atoms with van der Waals surface area (Å²) in [5.41, 5.74) is 0.364. The first-order valence-electron chi connectivity index (χ1n) is 5.54. The highest BCUT2D eigenvalue weighted by atomic mass is 32.1. The average Bonchev–Trinajstić information content (AvgIpc) is 2.38. The molecule has 0 aromatic heterocycles. The molecule has 2 rings (SSSR count). The fourth-order valence-corrected chi connectivity index (χ4v) is 2.99. The molecule has 0 bridgehead atoms. The highest BCUT2D eigenvalue weighted by Crippen LogP contribution is 2.43. The van der Waals surface area contributed by atoms with Crippen molar-refractivity contribution in [3.8, 4) is 0 Å². The second kappa shape index (κ2) is 3.76. The monoisotopic (exact) mass is 213 g/mol. The van der Waals surface area contributed by atoms with Crippen LogP contribution in [0.25, 0.3) is 0 Å². The summed E-state index contributed by atoms with van der Waals surface area (Å²) < 4.78 is 0. The van der Waals surface area contributed by atoms with E-state index in [1.54, 1.807) is 0 Å². The first-order valence-corrected chi connectivity index (χ1v) is 6.17. The Morgan fingerprint density at radius 3 is 2.64 bits per heavy atom. The third-order valence-electron chi connectivity index (χ3n) is 3.68. The lowest BCUT2D eigenvalue weighted by Crippen LogP contribution is -2.44. The molecule has 0 radical (unpaired) electrons. The number of thiol groups is 1. The molecular weight excluding hydrogens is 194 g/mol. The van der Waals surface area contributed by atoms with Gasteiger partial charge in [0.15, 0.2) is 0 Å². The van der Waals surface area contributed by atoms with E-state index in [0.717, 1.165) is 25.3 Å². The van der Waals surface area contributed by atoms with Crippen molar-refractivity contribution in [3.63, 3.8) is 0 Å². The first-order chi connectivity index (χ1) is 6.65. The molecule has 80 valence electrons. The van der Waals surface area contributed by atoms with Crippen molar-refractivity contribution in [1.29, 1.82) is 0 Å². The van der Waals surface area contributed by atoms with Gasteiger partial charge < -0.3 is 4.90 Å². The molecule has 3 heteroatoms. The molecule has 0 spiro atoms. The van der Waals surface area contributed by atoms with E-state index in [9.17, 15) is 4.79 Å². The molecule has 1 unspecified atom stereocenters. The molecule has 2 fully saturated rings. The van der Waals surface area contributed by atoms with Gasteiger partial charge in [-0.25, -0.2) is 0 Å². The molecule has 0 aromatic carbocycles. The molecule has 1 saturated heterocycles. The third-order valence-corrected chi connectivity index (χ3v) is 4.35. The number of amides is 1. The number of hydrogen-bond donors (Lipinski definition) is 1. The summed E-state index contributed by atoms with van der Waals surface area (Å²) in [5, 5.41) is 0. The average molecular weight is 213 g/mol. The summed E-state index contributed by atoms with van der Waals surface area (Å²) in [4.78, 5) is 13.7. The van der Waals surface area contributed by atoms with Crippen LogP contribution < -0.4 is 0 Å². The van der Waals surface area contributed by atoms with Crippen molar-refractivity contribution in [1.82, 2.24) is 4.90 Å². The van der Waals surface area contributed by atoms with E-state index in [1.165, 1.54) is 19.3 Å². The van der Waals surface area contributed by atoms with E-state index < -0.39 is 0 Å². The number of likely N-dealkylation sites (tertiary alicyclic amines) is 1. The second-order valence-corrected chi connectivity index (χ2v) is 5.41. The van der Waals surface area contributed by atoms with Gasteiger partial charge in [0.1, 0.15) is 0 Å². The van der Waals surface area contributed by atoms with Gasteiger partial charge >= 0.3 is 0 Å². The fraction of sp³-hybridized carbons (Fsp3) is 0.909. The molecule has 1 saturated carbocycles. The minimum Gasteiger partial charge on any atom is -0.342 e. The Hall–Kier alpha value is -0.180. The van der Waals surface area contributed by atoms with Crippen LogP contribution in [0.15, 0.2) is 0 Å². The topological polar surface area (TPSA) is 20.3 Å². The lowest BCUT2D eigenvalue weighted by Gasteiger charge is -2.43. The first kappa shape index (κ1) is 10.3. The van der Waals surface area contributed by atoms with Crippen LogP contribution in [0.1, 0.15) is 32.6 Å². The predicted octanol–water partition coefficient (Wildman–Crippen LogP) is 1.95. The second-order valence-electron chi connectivity index (χ2n) is 5.10. The predicted molar refractivity (Wildman–Crippen MR) is 60.5 cm³/mol. The maximum Gasteiger partial charge on any atom is 0.222 e. The Balaban J connectivity index is 1.93. The van der Waals surface area contributed by atoms with E-state index in [4.69, 9.17) is 0 Å². The normalized spacial score (nSPS) is 30.6. The molecule has 1 aliphatic heterocycles. The zero-order valence-corrected chi connectivity index (χ0v) is 9.72. The SMILES string of the molecule is CC1CC(=O)N(CC2(CS)CCC2)C1. The largest absolute Gasteiger partial charge is 0.342 e. The van der Waals surface area contributed by atoms with Gasteiger partial charge in [0.2, 0.25) is 5.91 Å². The van der Waals surface area contributed by atoms with E-state index in [2.05, 4.69) is 24.5 Å². The zero-order valence-electron chi connectivity index (χ0n) is 8.83. The Bertz CT molecular complexity index is 232. The molecule has 1 amide bonds. The zero-order chi connectivity index (χ0) is 10.2. The van der Waals surface area contributed by atoms with Crippen LogP contribution in [-0.2, 0) is 4.79 Å². The van der Waals surface area contributed by atoms with Gasteiger partial charge in [0.05, 0.1) is 0 Å². The van der Waals surface area contributed by atoms with Gasteiger partial charge in [-0.05, 0) is 29.9 Å². The number of nitrogens with zero attached hydrogens (tertiary/aromatic N) is 1. The smallest absolute Gasteiger partial charge is 0.222 e. The molecule has 2 nitrogen and oxygen atoms in total. The molecule has 2 aliphatic rings. The van der Waals surface area contributed by atoms with E-state index in [1.807, 2.05) is 0 Å². The summed E-state index contributed by atoms with van der Waals surface area (Å²) in [6.07, 6.45) is 4.59. The summed E-state index contributed by atoms with van der Waals surface area (Å²) in [6.45, 7) is 4.08. The molecule has 0 aromatic rings. The maximum atomic E-state index is 11.6. The molecule has 1 atom stereocenters. The van der Waals surface area contributed by atoms with E-state index in [-0.39, 0.29) is 0 Å². The van der Waals surface area contributed by atoms with Crippen LogP contribution in [-0.4, -0.2) is 29.6 Å². The van der Waals surface area contributed by atoms with Gasteiger partial charge in [0, 0.05) is 19.5 Å². The van der Waals surface area contributed by atoms with Gasteiger partial charge in [-0.3, -0.25) is 4.79 Å². The van der Waals surface area contributed by atoms with Crippen LogP contribution >= 0.6 is 12.6 Å². The molecule has 1 heterocycles. The highest BCUT2D eigenvalue weighted by Gasteiger charge is 2.40. The lowest BCUT2D eigenvalue weighted by atomic mass is 9.70. The maximum absolute atomic E-state index is 11.6. The summed E-state index contributed by atoms with van der Waals surface area (Å²) in [7, 11) is 0. The summed E-state index contributed by atoms with van der Waals surface area (Å²) >= 11 is 4.42. The van der Waals surface area contributed by atoms with Crippen molar-refractivity contribution in [2.75, 3.05) is 18.8 Å². The summed E-state index contributed by atoms with van der Waals surface area (Å²) in [5.74, 6) is 1.84. The minimum atomic E-state index is 0.352. The molecule has 0 N–H and O–H groups in total. The standard InChI is InChI=1S/C11H19NOS/c1-9-5-10(13)12(6-9)7-11(8-14)3-2-4-11/h9,14H,2-8H2,1H3. The van der Waals surface area contributed by atoms with Crippen LogP contribution in [0.5, 0.6) is 0 Å². The molecule has 14 heavy (non-hydrogen) atoms. The van der Waals surface area contributed by atoms with Crippen LogP contribution in [0.2, 0.25) is 0 Å². The number of hydrogen-bond acceptors (Lipinski definition) is 2. The van der Waals surface area contributed by atoms with Gasteiger partial charge in [0.25, 0.3) is 0 Å². The van der Waals surface area contributed by atoms with E-state index in [0.29, 0.717) is 17.2 Å². The Labute approximate surface area is 91.5 Å². The van der Waals surface area contributed by atoms with Gasteiger partial charge in [-0.1, -0.05) is 13.3 Å². The van der Waals surface area contributed by atoms with Gasteiger partial charge in [-0.2, -0.15) is 12.6 Å².